The minimum Gasteiger partial charge on any atom is -0.498 e. The molecule has 1 aliphatic carbocycles. The zero-order valence-corrected chi connectivity index (χ0v) is 14.5. The summed E-state index contributed by atoms with van der Waals surface area (Å²) in [5, 5.41) is 7.22. The van der Waals surface area contributed by atoms with E-state index >= 15 is 0 Å². The van der Waals surface area contributed by atoms with Crippen molar-refractivity contribution in [2.75, 3.05) is 43.8 Å². The van der Waals surface area contributed by atoms with Crippen molar-refractivity contribution in [1.29, 1.82) is 0 Å². The summed E-state index contributed by atoms with van der Waals surface area (Å²) < 4.78 is 7.59. The molecule has 0 saturated carbocycles. The fraction of sp³-hybridized carbons (Fsp3) is 0.647. The van der Waals surface area contributed by atoms with Crippen LogP contribution in [0.15, 0.2) is 23.5 Å². The van der Waals surface area contributed by atoms with Crippen LogP contribution < -0.4 is 11.1 Å². The van der Waals surface area contributed by atoms with E-state index in [-0.39, 0.29) is 0 Å². The van der Waals surface area contributed by atoms with Crippen molar-refractivity contribution >= 4 is 11.9 Å². The van der Waals surface area contributed by atoms with Crippen LogP contribution in [-0.4, -0.2) is 52.5 Å². The normalized spacial score (nSPS) is 18.4. The number of nitrogens with one attached hydrogen (secondary N) is 1. The Morgan fingerprint density at radius 3 is 2.88 bits per heavy atom. The van der Waals surface area contributed by atoms with E-state index in [9.17, 15) is 0 Å². The average Bonchev–Trinajstić information content (AvgIpc) is 3.17. The summed E-state index contributed by atoms with van der Waals surface area (Å²) in [6, 6.07) is 0. The third-order valence-corrected chi connectivity index (χ3v) is 4.45. The third kappa shape index (κ3) is 4.74. The van der Waals surface area contributed by atoms with E-state index in [0.717, 1.165) is 38.1 Å². The first kappa shape index (κ1) is 16.8. The molecule has 1 aromatic rings. The van der Waals surface area contributed by atoms with Gasteiger partial charge >= 0.3 is 0 Å². The topological polar surface area (TPSA) is 81.2 Å². The highest BCUT2D eigenvalue weighted by atomic mass is 16.5. The van der Waals surface area contributed by atoms with E-state index in [1.165, 1.54) is 31.5 Å². The van der Waals surface area contributed by atoms with Crippen LogP contribution in [0, 0.1) is 0 Å². The number of aryl methyl sites for hydroxylation is 1. The van der Waals surface area contributed by atoms with Crippen molar-refractivity contribution in [3.63, 3.8) is 0 Å². The van der Waals surface area contributed by atoms with Crippen molar-refractivity contribution in [1.82, 2.24) is 19.7 Å². The Hall–Kier alpha value is -2.02. The maximum atomic E-state index is 5.95. The lowest BCUT2D eigenvalue weighted by molar-refractivity contribution is 0.201. The fourth-order valence-corrected chi connectivity index (χ4v) is 3.22. The summed E-state index contributed by atoms with van der Waals surface area (Å²) >= 11 is 0. The molecule has 0 aromatic carbocycles. The molecule has 0 unspecified atom stereocenters. The zero-order valence-electron chi connectivity index (χ0n) is 14.5. The van der Waals surface area contributed by atoms with Gasteiger partial charge in [-0.15, -0.1) is 5.10 Å². The maximum absolute atomic E-state index is 5.95. The minimum absolute atomic E-state index is 0.293. The quantitative estimate of drug-likeness (QED) is 0.559. The van der Waals surface area contributed by atoms with Gasteiger partial charge in [0.1, 0.15) is 0 Å². The highest BCUT2D eigenvalue weighted by Gasteiger charge is 2.15. The number of hydrogen-bond acceptors (Lipinski definition) is 6. The molecule has 2 aliphatic rings. The van der Waals surface area contributed by atoms with Crippen LogP contribution in [0.25, 0.3) is 0 Å². The maximum Gasteiger partial charge on any atom is 0.241 e. The van der Waals surface area contributed by atoms with Gasteiger partial charge in [0.15, 0.2) is 0 Å². The van der Waals surface area contributed by atoms with E-state index in [2.05, 4.69) is 32.5 Å². The predicted octanol–water partition coefficient (Wildman–Crippen LogP) is 1.92. The van der Waals surface area contributed by atoms with Crippen LogP contribution in [0.3, 0.4) is 0 Å². The van der Waals surface area contributed by atoms with Gasteiger partial charge in [0.25, 0.3) is 0 Å². The first-order chi connectivity index (χ1) is 11.7. The molecule has 1 aromatic heterocycles. The van der Waals surface area contributed by atoms with Crippen LogP contribution in [-0.2, 0) is 11.8 Å². The van der Waals surface area contributed by atoms with Crippen molar-refractivity contribution in [3.05, 3.63) is 23.5 Å². The predicted molar refractivity (Wildman–Crippen MR) is 95.5 cm³/mol. The number of hydrogen-bond donors (Lipinski definition) is 2. The molecule has 132 valence electrons. The van der Waals surface area contributed by atoms with Crippen LogP contribution >= 0.6 is 0 Å². The largest absolute Gasteiger partial charge is 0.498 e. The number of allylic oxidation sites excluding steroid dienone is 3. The van der Waals surface area contributed by atoms with E-state index in [0.29, 0.717) is 18.5 Å². The highest BCUT2D eigenvalue weighted by Crippen LogP contribution is 2.22. The Bertz CT molecular complexity index is 600. The van der Waals surface area contributed by atoms with E-state index in [1.54, 1.807) is 4.68 Å². The fourth-order valence-electron chi connectivity index (χ4n) is 3.22. The lowest BCUT2D eigenvalue weighted by Crippen LogP contribution is -2.22. The summed E-state index contributed by atoms with van der Waals surface area (Å²) in [5.74, 6) is 2.11. The van der Waals surface area contributed by atoms with Gasteiger partial charge < -0.3 is 15.8 Å². The molecular formula is C17H28N6O. The zero-order chi connectivity index (χ0) is 16.8. The third-order valence-electron chi connectivity index (χ3n) is 4.45. The molecular weight excluding hydrogens is 304 g/mol. The second-order valence-electron chi connectivity index (χ2n) is 6.47. The minimum atomic E-state index is 0.293. The lowest BCUT2D eigenvalue weighted by atomic mass is 10.0. The highest BCUT2D eigenvalue weighted by molar-refractivity contribution is 5.31. The number of anilines is 2. The number of likely N-dealkylation sites (tertiary alicyclic amines) is 1. The molecule has 1 aliphatic heterocycles. The number of nitrogen functional groups attached to an aromatic ring is 1. The SMILES string of the molecule is Cn1nc(N)nc1NCCCOC1=CCC=C(CN2CCCC2)C1. The molecule has 0 atom stereocenters. The van der Waals surface area contributed by atoms with Crippen molar-refractivity contribution in [2.24, 2.45) is 7.05 Å². The number of nitrogens with zero attached hydrogens (tertiary/aromatic N) is 4. The summed E-state index contributed by atoms with van der Waals surface area (Å²) in [6.07, 6.45) is 10.1. The van der Waals surface area contributed by atoms with Gasteiger partial charge in [-0.25, -0.2) is 4.68 Å². The van der Waals surface area contributed by atoms with Crippen molar-refractivity contribution < 1.29 is 4.74 Å². The first-order valence-electron chi connectivity index (χ1n) is 8.83. The summed E-state index contributed by atoms with van der Waals surface area (Å²) in [6.45, 7) is 5.10. The van der Waals surface area contributed by atoms with Gasteiger partial charge in [0, 0.05) is 26.6 Å². The first-order valence-corrected chi connectivity index (χ1v) is 8.83. The summed E-state index contributed by atoms with van der Waals surface area (Å²) in [7, 11) is 1.82. The standard InChI is InChI=1S/C17H28N6O/c1-22-17(20-16(18)21-22)19-8-5-11-24-15-7-4-6-14(12-15)13-23-9-2-3-10-23/h6-7H,2-5,8-13H2,1H3,(H3,18,19,20,21). The van der Waals surface area contributed by atoms with Crippen LogP contribution in [0.4, 0.5) is 11.9 Å². The average molecular weight is 332 g/mol. The molecule has 24 heavy (non-hydrogen) atoms. The van der Waals surface area contributed by atoms with E-state index in [4.69, 9.17) is 10.5 Å². The molecule has 1 fully saturated rings. The molecule has 0 amide bonds. The number of nitrogens with two attached hydrogens (primary N) is 1. The molecule has 3 rings (SSSR count). The summed E-state index contributed by atoms with van der Waals surface area (Å²) in [4.78, 5) is 6.66. The van der Waals surface area contributed by atoms with Crippen LogP contribution in [0.5, 0.6) is 0 Å². The molecule has 7 nitrogen and oxygen atoms in total. The second-order valence-corrected chi connectivity index (χ2v) is 6.47. The number of rotatable bonds is 8. The van der Waals surface area contributed by atoms with Gasteiger partial charge in [-0.05, 0) is 44.8 Å². The van der Waals surface area contributed by atoms with Gasteiger partial charge in [0.2, 0.25) is 11.9 Å². The Balaban J connectivity index is 1.32. The molecule has 2 heterocycles. The van der Waals surface area contributed by atoms with E-state index < -0.39 is 0 Å². The Morgan fingerprint density at radius 1 is 1.29 bits per heavy atom. The van der Waals surface area contributed by atoms with Gasteiger partial charge in [-0.3, -0.25) is 4.90 Å². The summed E-state index contributed by atoms with van der Waals surface area (Å²) in [5.41, 5.74) is 7.06. The Morgan fingerprint density at radius 2 is 2.12 bits per heavy atom. The lowest BCUT2D eigenvalue weighted by Gasteiger charge is -2.21. The van der Waals surface area contributed by atoms with Crippen molar-refractivity contribution in [2.45, 2.75) is 32.1 Å². The Labute approximate surface area is 143 Å². The number of ether oxygens (including phenoxy) is 1. The van der Waals surface area contributed by atoms with E-state index in [1.807, 2.05) is 7.05 Å². The molecule has 0 bridgehead atoms. The van der Waals surface area contributed by atoms with Gasteiger partial charge in [-0.2, -0.15) is 4.98 Å². The molecule has 3 N–H and O–H groups in total. The number of aromatic nitrogens is 3. The van der Waals surface area contributed by atoms with Crippen LogP contribution in [0.2, 0.25) is 0 Å². The van der Waals surface area contributed by atoms with Crippen molar-refractivity contribution in [3.8, 4) is 0 Å². The monoisotopic (exact) mass is 332 g/mol. The van der Waals surface area contributed by atoms with Gasteiger partial charge in [-0.1, -0.05) is 11.6 Å². The Kier molecular flexibility index (Phi) is 5.74. The van der Waals surface area contributed by atoms with Gasteiger partial charge in [0.05, 0.1) is 12.4 Å². The second kappa shape index (κ2) is 8.19. The molecule has 7 heteroatoms. The van der Waals surface area contributed by atoms with Crippen LogP contribution in [0.1, 0.15) is 32.1 Å². The molecule has 0 radical (unpaired) electrons. The molecule has 0 spiro atoms. The molecule has 1 saturated heterocycles. The smallest absolute Gasteiger partial charge is 0.241 e.